The molecule has 3 rings (SSSR count). The molecule has 0 radical (unpaired) electrons. The van der Waals surface area contributed by atoms with E-state index in [4.69, 9.17) is 1.37 Å². The van der Waals surface area contributed by atoms with Gasteiger partial charge >= 0.3 is 0 Å². The molecule has 0 heteroatoms. The number of aryl methyl sites for hydroxylation is 2. The second kappa shape index (κ2) is 2.10. The van der Waals surface area contributed by atoms with E-state index in [1.165, 1.54) is 21.9 Å². The van der Waals surface area contributed by atoms with Crippen molar-refractivity contribution in [2.45, 2.75) is 12.8 Å². The van der Waals surface area contributed by atoms with Crippen LogP contribution in [0.5, 0.6) is 0 Å². The van der Waals surface area contributed by atoms with Gasteiger partial charge in [0.25, 0.3) is 0 Å². The first-order valence-electron chi connectivity index (χ1n) is 4.87. The smallest absolute Gasteiger partial charge is 0.0320 e. The second-order valence-corrected chi connectivity index (χ2v) is 3.27. The zero-order chi connectivity index (χ0) is 8.84. The van der Waals surface area contributed by atoms with Crippen LogP contribution in [-0.2, 0) is 12.8 Å². The molecule has 0 saturated heterocycles. The van der Waals surface area contributed by atoms with Gasteiger partial charge in [-0.2, -0.15) is 0 Å². The van der Waals surface area contributed by atoms with Crippen molar-refractivity contribution in [1.29, 1.82) is 0 Å². The number of rotatable bonds is 0. The van der Waals surface area contributed by atoms with Crippen molar-refractivity contribution in [2.75, 3.05) is 0 Å². The van der Waals surface area contributed by atoms with Crippen molar-refractivity contribution in [3.8, 4) is 0 Å². The van der Waals surface area contributed by atoms with Gasteiger partial charge in [-0.3, -0.25) is 0 Å². The third-order valence-corrected chi connectivity index (χ3v) is 2.57. The SMILES string of the molecule is [2H]C1Cc2cccc3cccc1c23. The van der Waals surface area contributed by atoms with Crippen LogP contribution in [0.4, 0.5) is 0 Å². The average Bonchev–Trinajstić information content (AvgIpc) is 2.47. The Hall–Kier alpha value is -1.30. The molecule has 0 heterocycles. The van der Waals surface area contributed by atoms with E-state index in [0.717, 1.165) is 6.42 Å². The third kappa shape index (κ3) is 0.672. The maximum Gasteiger partial charge on any atom is 0.0320 e. The van der Waals surface area contributed by atoms with Crippen LogP contribution in [0.3, 0.4) is 0 Å². The lowest BCUT2D eigenvalue weighted by molar-refractivity contribution is 1.02. The Morgan fingerprint density at radius 1 is 1.00 bits per heavy atom. The van der Waals surface area contributed by atoms with Crippen LogP contribution < -0.4 is 0 Å². The number of hydrogen-bond acceptors (Lipinski definition) is 0. The summed E-state index contributed by atoms with van der Waals surface area (Å²) in [6.07, 6.45) is 0.845. The first-order chi connectivity index (χ1) is 6.36. The zero-order valence-corrected chi connectivity index (χ0v) is 6.75. The molecule has 1 atom stereocenters. The highest BCUT2D eigenvalue weighted by Gasteiger charge is 2.11. The van der Waals surface area contributed by atoms with Crippen molar-refractivity contribution in [1.82, 2.24) is 0 Å². The Balaban J connectivity index is 2.51. The van der Waals surface area contributed by atoms with Crippen LogP contribution in [0, 0.1) is 0 Å². The van der Waals surface area contributed by atoms with E-state index in [1.807, 2.05) is 6.07 Å². The molecule has 0 aromatic heterocycles. The fraction of sp³-hybridized carbons (Fsp3) is 0.167. The van der Waals surface area contributed by atoms with E-state index in [2.05, 4.69) is 30.3 Å². The highest BCUT2D eigenvalue weighted by atomic mass is 14.2. The lowest BCUT2D eigenvalue weighted by atomic mass is 10.1. The molecule has 0 bridgehead atoms. The quantitative estimate of drug-likeness (QED) is 0.548. The predicted molar refractivity (Wildman–Crippen MR) is 51.4 cm³/mol. The largest absolute Gasteiger partial charge is 0.0614 e. The van der Waals surface area contributed by atoms with Crippen LogP contribution in [0.25, 0.3) is 10.8 Å². The molecule has 12 heavy (non-hydrogen) atoms. The summed E-state index contributed by atoms with van der Waals surface area (Å²) in [5.74, 6) is 0. The molecule has 0 amide bonds. The molecule has 1 aliphatic carbocycles. The van der Waals surface area contributed by atoms with Gasteiger partial charge in [-0.05, 0) is 34.7 Å². The molecule has 0 N–H and O–H groups in total. The number of benzene rings is 2. The summed E-state index contributed by atoms with van der Waals surface area (Å²) >= 11 is 0. The van der Waals surface area contributed by atoms with Gasteiger partial charge in [-0.25, -0.2) is 0 Å². The molecular formula is C12H10. The molecule has 0 aliphatic heterocycles. The van der Waals surface area contributed by atoms with E-state index in [-0.39, 0.29) is 6.40 Å². The van der Waals surface area contributed by atoms with Crippen molar-refractivity contribution in [3.05, 3.63) is 47.5 Å². The van der Waals surface area contributed by atoms with Crippen molar-refractivity contribution in [2.24, 2.45) is 0 Å². The summed E-state index contributed by atoms with van der Waals surface area (Å²) in [5.41, 5.74) is 2.54. The molecule has 1 aliphatic rings. The molecule has 0 saturated carbocycles. The molecule has 1 unspecified atom stereocenters. The Bertz CT molecular complexity index is 468. The summed E-state index contributed by atoms with van der Waals surface area (Å²) in [5, 5.41) is 2.61. The minimum Gasteiger partial charge on any atom is -0.0614 e. The zero-order valence-electron chi connectivity index (χ0n) is 7.75. The second-order valence-electron chi connectivity index (χ2n) is 3.27. The van der Waals surface area contributed by atoms with Crippen molar-refractivity contribution < 1.29 is 1.37 Å². The summed E-state index contributed by atoms with van der Waals surface area (Å²) < 4.78 is 7.90. The minimum absolute atomic E-state index is 0.0406. The average molecular weight is 155 g/mol. The first-order valence-corrected chi connectivity index (χ1v) is 4.29. The van der Waals surface area contributed by atoms with Gasteiger partial charge in [0.15, 0.2) is 0 Å². The molecule has 2 aromatic rings. The monoisotopic (exact) mass is 155 g/mol. The van der Waals surface area contributed by atoms with Crippen LogP contribution in [0.1, 0.15) is 12.5 Å². The minimum atomic E-state index is -0.0406. The van der Waals surface area contributed by atoms with Gasteiger partial charge in [0.1, 0.15) is 0 Å². The molecular weight excluding hydrogens is 144 g/mol. The fourth-order valence-electron chi connectivity index (χ4n) is 2.01. The van der Waals surface area contributed by atoms with E-state index < -0.39 is 0 Å². The molecule has 58 valence electrons. The summed E-state index contributed by atoms with van der Waals surface area (Å²) in [7, 11) is 0. The van der Waals surface area contributed by atoms with Crippen LogP contribution in [-0.4, -0.2) is 0 Å². The van der Waals surface area contributed by atoms with Crippen LogP contribution in [0.15, 0.2) is 36.4 Å². The lowest BCUT2D eigenvalue weighted by Crippen LogP contribution is -1.76. The third-order valence-electron chi connectivity index (χ3n) is 2.57. The van der Waals surface area contributed by atoms with Gasteiger partial charge in [-0.15, -0.1) is 0 Å². The van der Waals surface area contributed by atoms with Gasteiger partial charge < -0.3 is 0 Å². The standard InChI is InChI=1S/C12H10/c1-3-9-4-2-6-11-8-7-10(5-1)12(9)11/h1-6H,7-8H2/i7D. The van der Waals surface area contributed by atoms with E-state index in [9.17, 15) is 0 Å². The fourth-order valence-corrected chi connectivity index (χ4v) is 2.01. The van der Waals surface area contributed by atoms with E-state index in [1.54, 1.807) is 0 Å². The molecule has 0 nitrogen and oxygen atoms in total. The first kappa shape index (κ1) is 5.36. The van der Waals surface area contributed by atoms with Crippen LogP contribution in [0.2, 0.25) is 0 Å². The Morgan fingerprint density at radius 3 is 2.58 bits per heavy atom. The summed E-state index contributed by atoms with van der Waals surface area (Å²) in [6, 6.07) is 12.6. The highest BCUT2D eigenvalue weighted by molar-refractivity contribution is 5.90. The highest BCUT2D eigenvalue weighted by Crippen LogP contribution is 2.29. The van der Waals surface area contributed by atoms with Gasteiger partial charge in [0.05, 0.1) is 0 Å². The van der Waals surface area contributed by atoms with Gasteiger partial charge in [0, 0.05) is 1.37 Å². The molecule has 0 spiro atoms. The summed E-state index contributed by atoms with van der Waals surface area (Å²) in [6.45, 7) is 0. The maximum absolute atomic E-state index is 7.90. The van der Waals surface area contributed by atoms with E-state index in [0.29, 0.717) is 0 Å². The van der Waals surface area contributed by atoms with Crippen LogP contribution >= 0.6 is 0 Å². The Morgan fingerprint density at radius 2 is 1.75 bits per heavy atom. The molecule has 2 aromatic carbocycles. The Labute approximate surface area is 73.2 Å². The summed E-state index contributed by atoms with van der Waals surface area (Å²) in [4.78, 5) is 0. The number of hydrogen-bond donors (Lipinski definition) is 0. The lowest BCUT2D eigenvalue weighted by Gasteiger charge is -1.99. The van der Waals surface area contributed by atoms with Gasteiger partial charge in [-0.1, -0.05) is 36.4 Å². The Kier molecular flexibility index (Phi) is 0.938. The van der Waals surface area contributed by atoms with E-state index >= 15 is 0 Å². The van der Waals surface area contributed by atoms with Crippen molar-refractivity contribution >= 4 is 10.8 Å². The normalized spacial score (nSPS) is 21.3. The molecule has 0 fully saturated rings. The van der Waals surface area contributed by atoms with Gasteiger partial charge in [0.2, 0.25) is 0 Å². The topological polar surface area (TPSA) is 0 Å². The maximum atomic E-state index is 7.90. The van der Waals surface area contributed by atoms with Crippen molar-refractivity contribution in [3.63, 3.8) is 0 Å². The predicted octanol–water partition coefficient (Wildman–Crippen LogP) is 2.94.